The third-order valence-electron chi connectivity index (χ3n) is 7.13. The number of likely N-dealkylation sites (tertiary alicyclic amines) is 1. The van der Waals surface area contributed by atoms with E-state index >= 15 is 4.39 Å². The fourth-order valence-electron chi connectivity index (χ4n) is 5.51. The van der Waals surface area contributed by atoms with Gasteiger partial charge in [0.15, 0.2) is 5.65 Å². The van der Waals surface area contributed by atoms with Crippen molar-refractivity contribution in [2.45, 2.75) is 24.9 Å². The van der Waals surface area contributed by atoms with Crippen LogP contribution in [0.5, 0.6) is 0 Å². The largest absolute Gasteiger partial charge is 0.383 e. The van der Waals surface area contributed by atoms with Crippen LogP contribution in [-0.2, 0) is 4.79 Å². The molecule has 186 valence electrons. The molecule has 2 fully saturated rings. The normalized spacial score (nSPS) is 20.4. The van der Waals surface area contributed by atoms with Crippen LogP contribution in [0.4, 0.5) is 16.0 Å². The Bertz CT molecular complexity index is 1550. The number of benzene rings is 1. The van der Waals surface area contributed by atoms with Crippen LogP contribution in [0.25, 0.3) is 22.3 Å². The molecule has 1 aromatic carbocycles. The number of carbonyl (C=O) groups is 2. The summed E-state index contributed by atoms with van der Waals surface area (Å²) in [5.41, 5.74) is 7.28. The molecule has 0 radical (unpaired) electrons. The summed E-state index contributed by atoms with van der Waals surface area (Å²) in [4.78, 5) is 39.4. The zero-order chi connectivity index (χ0) is 25.7. The molecule has 4 heterocycles. The molecule has 2 amide bonds. The number of nitrogens with zero attached hydrogens (tertiary/aromatic N) is 6. The number of pyridine rings is 1. The van der Waals surface area contributed by atoms with Gasteiger partial charge in [-0.25, -0.2) is 24.0 Å². The second-order valence-electron chi connectivity index (χ2n) is 9.28. The zero-order valence-corrected chi connectivity index (χ0v) is 19.7. The number of aromatic nitrogens is 5. The summed E-state index contributed by atoms with van der Waals surface area (Å²) >= 11 is 0. The molecule has 1 saturated heterocycles. The number of halogens is 1. The SMILES string of the molecule is C=CC(=O)N1C[C@@H]2C[C@H]1[C@@H](n1nc(-c3ccc(C(=O)Nc4ccccn4)cc3F)c3c(N)ncnc31)C2. The highest BCUT2D eigenvalue weighted by atomic mass is 19.1. The zero-order valence-electron chi connectivity index (χ0n) is 19.7. The number of nitrogens with one attached hydrogen (secondary N) is 1. The van der Waals surface area contributed by atoms with Gasteiger partial charge in [-0.1, -0.05) is 12.6 Å². The second-order valence-corrected chi connectivity index (χ2v) is 9.28. The third kappa shape index (κ3) is 3.79. The summed E-state index contributed by atoms with van der Waals surface area (Å²) in [6, 6.07) is 9.07. The van der Waals surface area contributed by atoms with Gasteiger partial charge in [-0.15, -0.1) is 0 Å². The smallest absolute Gasteiger partial charge is 0.256 e. The van der Waals surface area contributed by atoms with E-state index in [-0.39, 0.29) is 40.6 Å². The predicted octanol–water partition coefficient (Wildman–Crippen LogP) is 3.21. The molecule has 0 spiro atoms. The lowest BCUT2D eigenvalue weighted by Crippen LogP contribution is -2.42. The van der Waals surface area contributed by atoms with E-state index in [1.807, 2.05) is 4.90 Å². The van der Waals surface area contributed by atoms with Crippen molar-refractivity contribution in [1.29, 1.82) is 0 Å². The van der Waals surface area contributed by atoms with Gasteiger partial charge in [0, 0.05) is 23.9 Å². The molecule has 3 atom stereocenters. The van der Waals surface area contributed by atoms with Gasteiger partial charge in [-0.3, -0.25) is 9.59 Å². The summed E-state index contributed by atoms with van der Waals surface area (Å²) < 4.78 is 17.2. The summed E-state index contributed by atoms with van der Waals surface area (Å²) in [6.45, 7) is 4.31. The summed E-state index contributed by atoms with van der Waals surface area (Å²) in [5.74, 6) is -0.370. The van der Waals surface area contributed by atoms with Gasteiger partial charge in [-0.05, 0) is 55.2 Å². The molecular formula is C26H23FN8O2. The Morgan fingerprint density at radius 1 is 1.14 bits per heavy atom. The number of amides is 2. The van der Waals surface area contributed by atoms with E-state index < -0.39 is 11.7 Å². The van der Waals surface area contributed by atoms with Crippen molar-refractivity contribution in [1.82, 2.24) is 29.6 Å². The van der Waals surface area contributed by atoms with Gasteiger partial charge in [0.25, 0.3) is 5.91 Å². The van der Waals surface area contributed by atoms with Crippen LogP contribution in [0, 0.1) is 11.7 Å². The highest BCUT2D eigenvalue weighted by Crippen LogP contribution is 2.46. The fourth-order valence-corrected chi connectivity index (χ4v) is 5.51. The van der Waals surface area contributed by atoms with Crippen LogP contribution in [0.2, 0.25) is 0 Å². The molecule has 2 bridgehead atoms. The van der Waals surface area contributed by atoms with Crippen LogP contribution in [0.15, 0.2) is 61.6 Å². The van der Waals surface area contributed by atoms with Gasteiger partial charge in [0.2, 0.25) is 5.91 Å². The van der Waals surface area contributed by atoms with Crippen molar-refractivity contribution in [2.24, 2.45) is 5.92 Å². The number of nitrogens with two attached hydrogens (primary N) is 1. The van der Waals surface area contributed by atoms with Crippen molar-refractivity contribution in [3.8, 4) is 11.3 Å². The third-order valence-corrected chi connectivity index (χ3v) is 7.13. The molecule has 1 aliphatic carbocycles. The summed E-state index contributed by atoms with van der Waals surface area (Å²) in [5, 5.41) is 7.83. The van der Waals surface area contributed by atoms with Crippen LogP contribution in [0.3, 0.4) is 0 Å². The van der Waals surface area contributed by atoms with E-state index in [1.54, 1.807) is 29.1 Å². The van der Waals surface area contributed by atoms with Crippen LogP contribution < -0.4 is 11.1 Å². The van der Waals surface area contributed by atoms with Gasteiger partial charge >= 0.3 is 0 Å². The van der Waals surface area contributed by atoms with Crippen molar-refractivity contribution >= 4 is 34.5 Å². The standard InChI is InChI=1S/C26H23FN8O2/c1-2-21(36)34-12-14-9-18(34)19(10-14)35-25-22(24(28)30-13-31-25)23(33-35)16-7-6-15(11-17(16)27)26(37)32-20-5-3-4-8-29-20/h2-8,11,13-14,18-19H,1,9-10,12H2,(H2,28,30,31)(H,29,32,37)/t14-,18+,19+/m1/s1. The molecule has 0 unspecified atom stereocenters. The van der Waals surface area contributed by atoms with Crippen LogP contribution in [0.1, 0.15) is 29.2 Å². The number of anilines is 2. The maximum absolute atomic E-state index is 15.5. The molecule has 1 saturated carbocycles. The van der Waals surface area contributed by atoms with Crippen molar-refractivity contribution in [2.75, 3.05) is 17.6 Å². The van der Waals surface area contributed by atoms with E-state index in [2.05, 4.69) is 26.8 Å². The van der Waals surface area contributed by atoms with Gasteiger partial charge in [0.1, 0.15) is 29.5 Å². The molecule has 11 heteroatoms. The minimum Gasteiger partial charge on any atom is -0.383 e. The number of nitrogen functional groups attached to an aromatic ring is 1. The fraction of sp³-hybridized carbons (Fsp3) is 0.231. The quantitative estimate of drug-likeness (QED) is 0.404. The van der Waals surface area contributed by atoms with Crippen molar-refractivity contribution < 1.29 is 14.0 Å². The van der Waals surface area contributed by atoms with E-state index in [1.165, 1.54) is 24.5 Å². The number of piperidine rings is 1. The highest BCUT2D eigenvalue weighted by Gasteiger charge is 2.48. The Hall–Kier alpha value is -4.67. The maximum Gasteiger partial charge on any atom is 0.256 e. The van der Waals surface area contributed by atoms with Crippen molar-refractivity contribution in [3.05, 3.63) is 73.0 Å². The number of hydrogen-bond acceptors (Lipinski definition) is 7. The van der Waals surface area contributed by atoms with Gasteiger partial charge in [0.05, 0.1) is 17.5 Å². The van der Waals surface area contributed by atoms with Crippen molar-refractivity contribution in [3.63, 3.8) is 0 Å². The Labute approximate surface area is 211 Å². The first-order valence-corrected chi connectivity index (χ1v) is 11.9. The average molecular weight is 499 g/mol. The Kier molecular flexibility index (Phi) is 5.40. The molecule has 10 nitrogen and oxygen atoms in total. The highest BCUT2D eigenvalue weighted by molar-refractivity contribution is 6.04. The van der Waals surface area contributed by atoms with Gasteiger partial charge < -0.3 is 16.0 Å². The number of fused-ring (bicyclic) bond motifs is 3. The lowest BCUT2D eigenvalue weighted by atomic mass is 10.1. The molecule has 3 aromatic heterocycles. The monoisotopic (exact) mass is 498 g/mol. The first-order valence-electron chi connectivity index (χ1n) is 11.9. The Morgan fingerprint density at radius 3 is 2.70 bits per heavy atom. The van der Waals surface area contributed by atoms with E-state index in [0.29, 0.717) is 29.3 Å². The van der Waals surface area contributed by atoms with E-state index in [9.17, 15) is 9.59 Å². The minimum atomic E-state index is -0.639. The van der Waals surface area contributed by atoms with Crippen LogP contribution >= 0.6 is 0 Å². The summed E-state index contributed by atoms with van der Waals surface area (Å²) in [7, 11) is 0. The second kappa shape index (κ2) is 8.77. The van der Waals surface area contributed by atoms with Gasteiger partial charge in [-0.2, -0.15) is 5.10 Å². The predicted molar refractivity (Wildman–Crippen MR) is 135 cm³/mol. The topological polar surface area (TPSA) is 132 Å². The lowest BCUT2D eigenvalue weighted by molar-refractivity contribution is -0.128. The Morgan fingerprint density at radius 2 is 1.97 bits per heavy atom. The maximum atomic E-state index is 15.5. The number of rotatable bonds is 5. The molecule has 2 aliphatic rings. The molecule has 6 rings (SSSR count). The minimum absolute atomic E-state index is 0.0647. The summed E-state index contributed by atoms with van der Waals surface area (Å²) in [6.07, 6.45) is 5.90. The molecule has 4 aromatic rings. The first-order chi connectivity index (χ1) is 17.9. The lowest BCUT2D eigenvalue weighted by Gasteiger charge is -2.32. The number of hydrogen-bond donors (Lipinski definition) is 2. The molecule has 3 N–H and O–H groups in total. The Balaban J connectivity index is 1.38. The average Bonchev–Trinajstić information content (AvgIpc) is 3.62. The first kappa shape index (κ1) is 22.8. The molecule has 37 heavy (non-hydrogen) atoms. The van der Waals surface area contributed by atoms with E-state index in [0.717, 1.165) is 18.9 Å². The van der Waals surface area contributed by atoms with Crippen LogP contribution in [-0.4, -0.2) is 54.0 Å². The van der Waals surface area contributed by atoms with E-state index in [4.69, 9.17) is 10.8 Å². The molecular weight excluding hydrogens is 475 g/mol. The number of carbonyl (C=O) groups excluding carboxylic acids is 2. The molecule has 1 aliphatic heterocycles.